The Bertz CT molecular complexity index is 1840. The largest absolute Gasteiger partial charge is 0.497 e. The van der Waals surface area contributed by atoms with Crippen molar-refractivity contribution in [1.82, 2.24) is 10.4 Å². The highest BCUT2D eigenvalue weighted by Crippen LogP contribution is 2.40. The van der Waals surface area contributed by atoms with Gasteiger partial charge in [0.15, 0.2) is 0 Å². The number of rotatable bonds is 7. The van der Waals surface area contributed by atoms with E-state index in [0.717, 1.165) is 4.47 Å². The number of carbonyl (C=O) groups excluding carboxylic acids is 2. The molecule has 1 aromatic heterocycles. The molecule has 1 amide bonds. The number of ether oxygens (including phenoxy) is 2. The Balaban J connectivity index is 1.44. The van der Waals surface area contributed by atoms with Crippen LogP contribution in [0.2, 0.25) is 15.1 Å². The number of aromatic nitrogens is 1. The van der Waals surface area contributed by atoms with Crippen molar-refractivity contribution in [1.29, 1.82) is 0 Å². The van der Waals surface area contributed by atoms with Gasteiger partial charge in [-0.1, -0.05) is 75.0 Å². The molecule has 0 aliphatic rings. The van der Waals surface area contributed by atoms with Crippen LogP contribution in [0.5, 0.6) is 11.5 Å². The van der Waals surface area contributed by atoms with Gasteiger partial charge in [0.05, 0.1) is 29.4 Å². The standard InChI is InChI=1S/C30H19BrCl3N3O4/c1-40-20-6-4-5-16(12-20)30(39)41-25-10-9-18(31)11-17(25)15-35-37-29(38)28-26(21-7-2-3-8-23(21)33)22-13-19(32)14-24(34)27(22)36-28/h2-15,36H,1H3,(H,37,38). The molecule has 0 spiro atoms. The van der Waals surface area contributed by atoms with Crippen LogP contribution in [0.25, 0.3) is 22.0 Å². The maximum atomic E-state index is 13.4. The molecule has 0 aliphatic carbocycles. The fraction of sp³-hybridized carbons (Fsp3) is 0.0333. The Kier molecular flexibility index (Phi) is 8.65. The van der Waals surface area contributed by atoms with Crippen LogP contribution in [0.3, 0.4) is 0 Å². The van der Waals surface area contributed by atoms with Gasteiger partial charge in [-0.15, -0.1) is 0 Å². The lowest BCUT2D eigenvalue weighted by Gasteiger charge is -2.09. The molecule has 0 bridgehead atoms. The van der Waals surface area contributed by atoms with Crippen LogP contribution in [-0.4, -0.2) is 30.2 Å². The number of H-pyrrole nitrogens is 1. The van der Waals surface area contributed by atoms with Crippen molar-refractivity contribution in [2.45, 2.75) is 0 Å². The van der Waals surface area contributed by atoms with E-state index < -0.39 is 11.9 Å². The van der Waals surface area contributed by atoms with Gasteiger partial charge in [-0.25, -0.2) is 10.2 Å². The molecular weight excluding hydrogens is 653 g/mol. The Hall–Kier alpha value is -3.82. The van der Waals surface area contributed by atoms with Gasteiger partial charge in [-0.3, -0.25) is 4.79 Å². The molecule has 0 unspecified atom stereocenters. The van der Waals surface area contributed by atoms with Crippen LogP contribution in [0.15, 0.2) is 88.4 Å². The fourth-order valence-corrected chi connectivity index (χ4v) is 5.32. The van der Waals surface area contributed by atoms with Crippen molar-refractivity contribution in [3.8, 4) is 22.6 Å². The average molecular weight is 672 g/mol. The molecule has 2 N–H and O–H groups in total. The molecular formula is C30H19BrCl3N3O4. The topological polar surface area (TPSA) is 92.8 Å². The number of hydrogen-bond acceptors (Lipinski definition) is 5. The quantitative estimate of drug-likeness (QED) is 0.0785. The normalized spacial score (nSPS) is 11.1. The number of nitrogens with one attached hydrogen (secondary N) is 2. The van der Waals surface area contributed by atoms with E-state index in [0.29, 0.717) is 54.0 Å². The van der Waals surface area contributed by atoms with E-state index in [1.54, 1.807) is 72.8 Å². The zero-order valence-electron chi connectivity index (χ0n) is 21.2. The van der Waals surface area contributed by atoms with Crippen molar-refractivity contribution in [3.63, 3.8) is 0 Å². The fourth-order valence-electron chi connectivity index (χ4n) is 4.17. The van der Waals surface area contributed by atoms with E-state index in [2.05, 4.69) is 31.4 Å². The molecule has 11 heteroatoms. The summed E-state index contributed by atoms with van der Waals surface area (Å²) in [6.07, 6.45) is 1.37. The van der Waals surface area contributed by atoms with E-state index in [4.69, 9.17) is 44.3 Å². The van der Waals surface area contributed by atoms with E-state index in [1.165, 1.54) is 13.3 Å². The molecule has 5 aromatic rings. The minimum Gasteiger partial charge on any atom is -0.497 e. The van der Waals surface area contributed by atoms with Crippen molar-refractivity contribution >= 4 is 79.7 Å². The molecule has 0 atom stereocenters. The molecule has 7 nitrogen and oxygen atoms in total. The summed E-state index contributed by atoms with van der Waals surface area (Å²) in [7, 11) is 1.51. The average Bonchev–Trinajstić information content (AvgIpc) is 3.34. The number of nitrogens with zero attached hydrogens (tertiary/aromatic N) is 1. The van der Waals surface area contributed by atoms with Crippen LogP contribution >= 0.6 is 50.7 Å². The SMILES string of the molecule is COc1cccc(C(=O)Oc2ccc(Br)cc2C=NNC(=O)c2[nH]c3c(Cl)cc(Cl)cc3c2-c2ccccc2Cl)c1. The molecule has 0 radical (unpaired) electrons. The summed E-state index contributed by atoms with van der Waals surface area (Å²) >= 11 is 22.6. The van der Waals surface area contributed by atoms with Crippen LogP contribution < -0.4 is 14.9 Å². The van der Waals surface area contributed by atoms with Crippen molar-refractivity contribution in [2.24, 2.45) is 5.10 Å². The van der Waals surface area contributed by atoms with Gasteiger partial charge in [0.2, 0.25) is 0 Å². The lowest BCUT2D eigenvalue weighted by atomic mass is 10.0. The smallest absolute Gasteiger partial charge is 0.343 e. The van der Waals surface area contributed by atoms with E-state index in [1.807, 2.05) is 6.07 Å². The van der Waals surface area contributed by atoms with Crippen LogP contribution in [0.1, 0.15) is 26.4 Å². The first-order chi connectivity index (χ1) is 19.7. The second-order valence-corrected chi connectivity index (χ2v) is 10.8. The summed E-state index contributed by atoms with van der Waals surface area (Å²) < 4.78 is 11.5. The molecule has 0 fully saturated rings. The number of aromatic amines is 1. The third kappa shape index (κ3) is 6.26. The molecule has 0 saturated heterocycles. The van der Waals surface area contributed by atoms with E-state index >= 15 is 0 Å². The lowest BCUT2D eigenvalue weighted by Crippen LogP contribution is -2.19. The second kappa shape index (κ2) is 12.4. The Morgan fingerprint density at radius 1 is 0.951 bits per heavy atom. The number of methoxy groups -OCH3 is 1. The van der Waals surface area contributed by atoms with Crippen LogP contribution in [0, 0.1) is 0 Å². The van der Waals surface area contributed by atoms with Crippen molar-refractivity contribution < 1.29 is 19.1 Å². The number of benzene rings is 4. The minimum atomic E-state index is -0.581. The van der Waals surface area contributed by atoms with Gasteiger partial charge in [0, 0.05) is 36.6 Å². The first-order valence-corrected chi connectivity index (χ1v) is 13.9. The summed E-state index contributed by atoms with van der Waals surface area (Å²) in [6, 6.07) is 22.1. The van der Waals surface area contributed by atoms with Gasteiger partial charge < -0.3 is 14.5 Å². The van der Waals surface area contributed by atoms with Gasteiger partial charge >= 0.3 is 5.97 Å². The highest BCUT2D eigenvalue weighted by atomic mass is 79.9. The number of esters is 1. The zero-order chi connectivity index (χ0) is 29.1. The van der Waals surface area contributed by atoms with Gasteiger partial charge in [0.1, 0.15) is 17.2 Å². The first-order valence-electron chi connectivity index (χ1n) is 12.0. The zero-order valence-corrected chi connectivity index (χ0v) is 25.0. The highest BCUT2D eigenvalue weighted by molar-refractivity contribution is 9.10. The summed E-state index contributed by atoms with van der Waals surface area (Å²) in [4.78, 5) is 29.3. The second-order valence-electron chi connectivity index (χ2n) is 8.67. The minimum absolute atomic E-state index is 0.188. The van der Waals surface area contributed by atoms with Gasteiger partial charge in [-0.2, -0.15) is 5.10 Å². The highest BCUT2D eigenvalue weighted by Gasteiger charge is 2.22. The molecule has 41 heavy (non-hydrogen) atoms. The van der Waals surface area contributed by atoms with Crippen LogP contribution in [0.4, 0.5) is 0 Å². The molecule has 0 aliphatic heterocycles. The van der Waals surface area contributed by atoms with Gasteiger partial charge in [0.25, 0.3) is 5.91 Å². The monoisotopic (exact) mass is 669 g/mol. The predicted octanol–water partition coefficient (Wildman–Crippen LogP) is 8.55. The Labute approximate surface area is 258 Å². The number of carbonyl (C=O) groups is 2. The maximum Gasteiger partial charge on any atom is 0.343 e. The summed E-state index contributed by atoms with van der Waals surface area (Å²) in [6.45, 7) is 0. The number of hydrogen-bond donors (Lipinski definition) is 2. The lowest BCUT2D eigenvalue weighted by molar-refractivity contribution is 0.0733. The molecule has 4 aromatic carbocycles. The Morgan fingerprint density at radius 2 is 1.76 bits per heavy atom. The molecule has 0 saturated carbocycles. The number of amides is 1. The van der Waals surface area contributed by atoms with Crippen LogP contribution in [-0.2, 0) is 0 Å². The number of hydrazone groups is 1. The van der Waals surface area contributed by atoms with E-state index in [-0.39, 0.29) is 11.4 Å². The van der Waals surface area contributed by atoms with Crippen molar-refractivity contribution in [2.75, 3.05) is 7.11 Å². The van der Waals surface area contributed by atoms with Crippen molar-refractivity contribution in [3.05, 3.63) is 115 Å². The first kappa shape index (κ1) is 28.7. The third-order valence-electron chi connectivity index (χ3n) is 6.04. The summed E-state index contributed by atoms with van der Waals surface area (Å²) in [5.74, 6) is -0.369. The summed E-state index contributed by atoms with van der Waals surface area (Å²) in [5, 5.41) is 5.95. The molecule has 206 valence electrons. The predicted molar refractivity (Wildman–Crippen MR) is 166 cm³/mol. The molecule has 1 heterocycles. The molecule has 5 rings (SSSR count). The summed E-state index contributed by atoms with van der Waals surface area (Å²) in [5.41, 5.74) is 5.14. The van der Waals surface area contributed by atoms with E-state index in [9.17, 15) is 9.59 Å². The number of halogens is 4. The Morgan fingerprint density at radius 3 is 2.54 bits per heavy atom. The maximum absolute atomic E-state index is 13.4. The third-order valence-corrected chi connectivity index (χ3v) is 7.38. The van der Waals surface area contributed by atoms with Gasteiger partial charge in [-0.05, 0) is 54.6 Å². The number of fused-ring (bicyclic) bond motifs is 1.